The maximum Gasteiger partial charge on any atom is 0.337 e. The molecule has 31 heavy (non-hydrogen) atoms. The van der Waals surface area contributed by atoms with Gasteiger partial charge in [-0.25, -0.2) is 4.79 Å². The molecule has 3 rings (SSSR count). The Morgan fingerprint density at radius 1 is 1.39 bits per heavy atom. The lowest BCUT2D eigenvalue weighted by Gasteiger charge is -2.37. The molecule has 1 unspecified atom stereocenters. The number of Topliss-reactive ketones (excluding diaryl/α,β-unsaturated/α-hetero) is 1. The number of fused-ring (bicyclic) bond motifs is 3. The van der Waals surface area contributed by atoms with Crippen molar-refractivity contribution in [1.29, 1.82) is 0 Å². The minimum absolute atomic E-state index is 0.0258. The zero-order valence-corrected chi connectivity index (χ0v) is 19.4. The van der Waals surface area contributed by atoms with Crippen molar-refractivity contribution >= 4 is 23.4 Å². The van der Waals surface area contributed by atoms with Crippen LogP contribution in [-0.2, 0) is 23.8 Å². The number of carbonyl (C=O) groups is 2. The fraction of sp³-hybridized carbons (Fsp3) is 0.500. The average molecular weight is 449 g/mol. The molecular formula is C24H29ClO6. The van der Waals surface area contributed by atoms with Crippen LogP contribution in [0.25, 0.3) is 0 Å². The predicted octanol–water partition coefficient (Wildman–Crippen LogP) is 4.31. The third-order valence-corrected chi connectivity index (χ3v) is 6.69. The molecule has 1 aliphatic carbocycles. The van der Waals surface area contributed by atoms with E-state index in [0.29, 0.717) is 22.8 Å². The first kappa shape index (κ1) is 23.4. The van der Waals surface area contributed by atoms with Gasteiger partial charge in [0, 0.05) is 17.1 Å². The second-order valence-electron chi connectivity index (χ2n) is 8.48. The summed E-state index contributed by atoms with van der Waals surface area (Å²) in [6.07, 6.45) is 7.28. The topological polar surface area (TPSA) is 82.1 Å². The summed E-state index contributed by atoms with van der Waals surface area (Å²) in [7, 11) is 1.27. The van der Waals surface area contributed by atoms with E-state index in [1.165, 1.54) is 13.4 Å². The highest BCUT2D eigenvalue weighted by molar-refractivity contribution is 6.45. The lowest BCUT2D eigenvalue weighted by atomic mass is 9.70. The van der Waals surface area contributed by atoms with Gasteiger partial charge in [0.15, 0.2) is 5.60 Å². The van der Waals surface area contributed by atoms with Crippen molar-refractivity contribution in [3.63, 3.8) is 0 Å². The van der Waals surface area contributed by atoms with Gasteiger partial charge in [0.25, 0.3) is 0 Å². The molecule has 5 atom stereocenters. The largest absolute Gasteiger partial charge is 0.482 e. The number of ketones is 1. The molecule has 0 spiro atoms. The number of aliphatic hydroxyl groups excluding tert-OH is 1. The Kier molecular flexibility index (Phi) is 6.53. The maximum atomic E-state index is 13.3. The molecule has 6 nitrogen and oxygen atoms in total. The number of esters is 1. The molecule has 168 valence electrons. The molecule has 0 radical (unpaired) electrons. The second-order valence-corrected chi connectivity index (χ2v) is 8.86. The SMILES string of the molecule is CC[C@H](C)/C=C/C1=CC2=C(Cl)C(=O)[C@@]3(C)OC([C@H](C)[C@@H](C)O)=C(C(=O)OC)C3C2=CO1. The van der Waals surface area contributed by atoms with Crippen LogP contribution in [0, 0.1) is 17.8 Å². The van der Waals surface area contributed by atoms with E-state index in [2.05, 4.69) is 13.8 Å². The Hall–Kier alpha value is -2.31. The van der Waals surface area contributed by atoms with Crippen molar-refractivity contribution < 1.29 is 28.9 Å². The Balaban J connectivity index is 2.13. The number of rotatable bonds is 6. The van der Waals surface area contributed by atoms with Gasteiger partial charge in [0.1, 0.15) is 11.5 Å². The highest BCUT2D eigenvalue weighted by atomic mass is 35.5. The van der Waals surface area contributed by atoms with Crippen LogP contribution in [0.15, 0.2) is 57.8 Å². The van der Waals surface area contributed by atoms with Crippen LogP contribution in [0.2, 0.25) is 0 Å². The summed E-state index contributed by atoms with van der Waals surface area (Å²) >= 11 is 6.50. The lowest BCUT2D eigenvalue weighted by Crippen LogP contribution is -2.47. The fourth-order valence-electron chi connectivity index (χ4n) is 3.97. The summed E-state index contributed by atoms with van der Waals surface area (Å²) in [5, 5.41) is 10.2. The van der Waals surface area contributed by atoms with E-state index < -0.39 is 35.3 Å². The monoisotopic (exact) mass is 448 g/mol. The molecule has 7 heteroatoms. The number of hydrogen-bond acceptors (Lipinski definition) is 6. The summed E-state index contributed by atoms with van der Waals surface area (Å²) in [5.74, 6) is -1.18. The maximum absolute atomic E-state index is 13.3. The Morgan fingerprint density at radius 3 is 2.65 bits per heavy atom. The summed E-state index contributed by atoms with van der Waals surface area (Å²) in [6.45, 7) is 9.12. The van der Waals surface area contributed by atoms with Crippen LogP contribution in [0.1, 0.15) is 41.0 Å². The standard InChI is InChI=1S/C24H29ClO6/c1-7-12(2)8-9-15-10-16-17(11-30-15)19-18(23(28)29-6)21(13(3)14(4)26)31-24(19,5)22(27)20(16)25/h8-14,19,26H,7H2,1-6H3/b9-8+/t12-,13+,14+,19?,24-/m0/s1. The molecule has 0 saturated heterocycles. The third-order valence-electron chi connectivity index (χ3n) is 6.32. The van der Waals surface area contributed by atoms with Gasteiger partial charge < -0.3 is 19.3 Å². The van der Waals surface area contributed by atoms with Crippen molar-refractivity contribution in [3.8, 4) is 0 Å². The Morgan fingerprint density at radius 2 is 2.06 bits per heavy atom. The van der Waals surface area contributed by atoms with Crippen LogP contribution < -0.4 is 0 Å². The van der Waals surface area contributed by atoms with Crippen LogP contribution in [-0.4, -0.2) is 35.7 Å². The summed E-state index contributed by atoms with van der Waals surface area (Å²) in [5.41, 5.74) is -0.160. The molecule has 1 N–H and O–H groups in total. The highest BCUT2D eigenvalue weighted by Gasteiger charge is 2.60. The van der Waals surface area contributed by atoms with E-state index in [0.717, 1.165) is 6.42 Å². The van der Waals surface area contributed by atoms with Gasteiger partial charge in [0.2, 0.25) is 5.78 Å². The molecular weight excluding hydrogens is 420 g/mol. The van der Waals surface area contributed by atoms with Gasteiger partial charge in [-0.05, 0) is 31.9 Å². The van der Waals surface area contributed by atoms with Gasteiger partial charge in [-0.1, -0.05) is 44.9 Å². The van der Waals surface area contributed by atoms with Gasteiger partial charge in [-0.2, -0.15) is 0 Å². The number of hydrogen-bond donors (Lipinski definition) is 1. The van der Waals surface area contributed by atoms with Crippen molar-refractivity contribution in [2.45, 2.75) is 52.7 Å². The first-order chi connectivity index (χ1) is 14.6. The molecule has 2 heterocycles. The minimum Gasteiger partial charge on any atom is -0.482 e. The van der Waals surface area contributed by atoms with Crippen LogP contribution in [0.4, 0.5) is 0 Å². The van der Waals surface area contributed by atoms with Crippen molar-refractivity contribution in [1.82, 2.24) is 0 Å². The van der Waals surface area contributed by atoms with E-state index in [4.69, 9.17) is 25.8 Å². The molecule has 0 saturated carbocycles. The van der Waals surface area contributed by atoms with Gasteiger partial charge >= 0.3 is 5.97 Å². The van der Waals surface area contributed by atoms with Crippen molar-refractivity contribution in [2.75, 3.05) is 7.11 Å². The molecule has 0 amide bonds. The molecule has 0 aromatic heterocycles. The number of methoxy groups -OCH3 is 1. The third kappa shape index (κ3) is 3.87. The number of aliphatic hydroxyl groups is 1. The Labute approximate surface area is 187 Å². The molecule has 0 bridgehead atoms. The molecule has 0 aromatic carbocycles. The minimum atomic E-state index is -1.43. The molecule has 0 fully saturated rings. The number of ether oxygens (including phenoxy) is 3. The van der Waals surface area contributed by atoms with Crippen LogP contribution >= 0.6 is 11.6 Å². The zero-order chi connectivity index (χ0) is 23.1. The Bertz CT molecular complexity index is 951. The second kappa shape index (κ2) is 8.67. The van der Waals surface area contributed by atoms with Gasteiger partial charge in [-0.3, -0.25) is 4.79 Å². The van der Waals surface area contributed by atoms with Crippen LogP contribution in [0.3, 0.4) is 0 Å². The number of carbonyl (C=O) groups excluding carboxylic acids is 2. The van der Waals surface area contributed by atoms with Crippen LogP contribution in [0.5, 0.6) is 0 Å². The normalized spacial score (nSPS) is 28.3. The zero-order valence-electron chi connectivity index (χ0n) is 18.7. The van der Waals surface area contributed by atoms with E-state index in [9.17, 15) is 14.7 Å². The molecule has 0 aromatic rings. The quantitative estimate of drug-likeness (QED) is 0.609. The smallest absolute Gasteiger partial charge is 0.337 e. The highest BCUT2D eigenvalue weighted by Crippen LogP contribution is 2.54. The predicted molar refractivity (Wildman–Crippen MR) is 117 cm³/mol. The lowest BCUT2D eigenvalue weighted by molar-refractivity contribution is -0.137. The van der Waals surface area contributed by atoms with Gasteiger partial charge in [-0.15, -0.1) is 0 Å². The average Bonchev–Trinajstić information content (AvgIpc) is 3.08. The van der Waals surface area contributed by atoms with Crippen molar-refractivity contribution in [3.05, 3.63) is 57.8 Å². The fourth-order valence-corrected chi connectivity index (χ4v) is 4.32. The summed E-state index contributed by atoms with van der Waals surface area (Å²) < 4.78 is 16.9. The first-order valence-corrected chi connectivity index (χ1v) is 10.9. The van der Waals surface area contributed by atoms with E-state index in [-0.39, 0.29) is 16.4 Å². The molecule has 3 aliphatic rings. The molecule has 2 aliphatic heterocycles. The number of allylic oxidation sites excluding steroid dienone is 4. The van der Waals surface area contributed by atoms with Gasteiger partial charge in [0.05, 0.1) is 36.0 Å². The first-order valence-electron chi connectivity index (χ1n) is 10.5. The van der Waals surface area contributed by atoms with E-state index in [1.54, 1.807) is 26.8 Å². The summed E-state index contributed by atoms with van der Waals surface area (Å²) in [4.78, 5) is 26.1. The summed E-state index contributed by atoms with van der Waals surface area (Å²) in [6, 6.07) is 0. The van der Waals surface area contributed by atoms with Crippen molar-refractivity contribution in [2.24, 2.45) is 17.8 Å². The van der Waals surface area contributed by atoms with E-state index >= 15 is 0 Å². The van der Waals surface area contributed by atoms with E-state index in [1.807, 2.05) is 12.2 Å². The number of halogens is 1.